The second kappa shape index (κ2) is 7.25. The summed E-state index contributed by atoms with van der Waals surface area (Å²) in [6, 6.07) is 0.935. The molecule has 2 heterocycles. The van der Waals surface area contributed by atoms with Gasteiger partial charge in [0.2, 0.25) is 0 Å². The van der Waals surface area contributed by atoms with Crippen molar-refractivity contribution < 1.29 is 14.6 Å². The summed E-state index contributed by atoms with van der Waals surface area (Å²) >= 11 is 0. The average Bonchev–Trinajstić information content (AvgIpc) is 3.01. The minimum atomic E-state index is -0.387. The van der Waals surface area contributed by atoms with Crippen molar-refractivity contribution >= 4 is 5.97 Å². The molecule has 5 nitrogen and oxygen atoms in total. The van der Waals surface area contributed by atoms with Crippen LogP contribution in [0.1, 0.15) is 45.4 Å². The van der Waals surface area contributed by atoms with Crippen molar-refractivity contribution in [3.63, 3.8) is 0 Å². The number of rotatable bonds is 1. The van der Waals surface area contributed by atoms with E-state index in [-0.39, 0.29) is 36.0 Å². The first-order chi connectivity index (χ1) is 12.5. The molecule has 0 aromatic rings. The van der Waals surface area contributed by atoms with Gasteiger partial charge in [0.15, 0.2) is 0 Å². The lowest BCUT2D eigenvalue weighted by Crippen LogP contribution is -2.57. The van der Waals surface area contributed by atoms with Crippen LogP contribution in [0.2, 0.25) is 0 Å². The Hall–Kier alpha value is -0.910. The normalized spacial score (nSPS) is 47.6. The monoisotopic (exact) mass is 362 g/mol. The number of hydrogen-bond donors (Lipinski definition) is 2. The molecule has 146 valence electrons. The van der Waals surface area contributed by atoms with Crippen LogP contribution in [0.15, 0.2) is 11.6 Å². The maximum absolute atomic E-state index is 12.8. The van der Waals surface area contributed by atoms with Crippen LogP contribution in [0, 0.1) is 23.7 Å². The van der Waals surface area contributed by atoms with E-state index in [4.69, 9.17) is 4.74 Å². The van der Waals surface area contributed by atoms with E-state index < -0.39 is 0 Å². The zero-order chi connectivity index (χ0) is 18.4. The molecule has 26 heavy (non-hydrogen) atoms. The van der Waals surface area contributed by atoms with Crippen LogP contribution in [0.3, 0.4) is 0 Å². The number of aliphatic hydroxyl groups excluding tert-OH is 1. The minimum absolute atomic E-state index is 0.0917. The highest BCUT2D eigenvalue weighted by Gasteiger charge is 2.54. The summed E-state index contributed by atoms with van der Waals surface area (Å²) in [6.45, 7) is 2.94. The number of nitrogens with zero attached hydrogens (tertiary/aromatic N) is 1. The van der Waals surface area contributed by atoms with Crippen LogP contribution in [0.25, 0.3) is 0 Å². The Bertz CT molecular complexity index is 578. The predicted octanol–water partition coefficient (Wildman–Crippen LogP) is 1.95. The number of aliphatic hydroxyl groups is 1. The maximum atomic E-state index is 12.8. The molecule has 2 N–H and O–H groups in total. The van der Waals surface area contributed by atoms with Gasteiger partial charge in [-0.3, -0.25) is 9.69 Å². The highest BCUT2D eigenvalue weighted by Crippen LogP contribution is 2.48. The van der Waals surface area contributed by atoms with Crippen molar-refractivity contribution in [1.29, 1.82) is 0 Å². The van der Waals surface area contributed by atoms with E-state index in [0.29, 0.717) is 24.3 Å². The summed E-state index contributed by atoms with van der Waals surface area (Å²) in [7, 11) is 3.65. The molecule has 0 aromatic carbocycles. The molecule has 0 amide bonds. The molecule has 0 aromatic heterocycles. The first-order valence-corrected chi connectivity index (χ1v) is 10.4. The van der Waals surface area contributed by atoms with E-state index in [1.807, 2.05) is 6.92 Å². The van der Waals surface area contributed by atoms with Gasteiger partial charge in [-0.05, 0) is 57.4 Å². The second-order valence-corrected chi connectivity index (χ2v) is 8.95. The van der Waals surface area contributed by atoms with Gasteiger partial charge < -0.3 is 15.2 Å². The summed E-state index contributed by atoms with van der Waals surface area (Å²) in [6.07, 6.45) is 8.49. The zero-order valence-corrected chi connectivity index (χ0v) is 16.4. The van der Waals surface area contributed by atoms with Crippen molar-refractivity contribution in [1.82, 2.24) is 10.2 Å². The lowest BCUT2D eigenvalue weighted by molar-refractivity contribution is -0.153. The first kappa shape index (κ1) is 18.5. The molecule has 2 saturated carbocycles. The van der Waals surface area contributed by atoms with Gasteiger partial charge in [-0.15, -0.1) is 0 Å². The fraction of sp³-hybridized carbons (Fsp3) is 0.857. The number of piperidine rings is 1. The SMILES string of the molecule is CC=C1CN(C)C2CC3C4CCCCC4NC3C(O)CC1C2C(=O)OC. The first-order valence-electron chi connectivity index (χ1n) is 10.4. The molecular formula is C21H34N2O3. The van der Waals surface area contributed by atoms with Crippen molar-refractivity contribution in [3.05, 3.63) is 11.6 Å². The summed E-state index contributed by atoms with van der Waals surface area (Å²) in [5.74, 6) is 0.928. The van der Waals surface area contributed by atoms with Gasteiger partial charge in [0.25, 0.3) is 0 Å². The lowest BCUT2D eigenvalue weighted by Gasteiger charge is -2.49. The van der Waals surface area contributed by atoms with Crippen LogP contribution in [0.4, 0.5) is 0 Å². The van der Waals surface area contributed by atoms with Crippen molar-refractivity contribution in [3.8, 4) is 0 Å². The Morgan fingerprint density at radius 2 is 2.04 bits per heavy atom. The Balaban J connectivity index is 1.70. The van der Waals surface area contributed by atoms with Crippen LogP contribution in [-0.2, 0) is 9.53 Å². The number of carbonyl (C=O) groups excluding carboxylic acids is 1. The number of esters is 1. The van der Waals surface area contributed by atoms with Gasteiger partial charge in [-0.1, -0.05) is 24.5 Å². The Morgan fingerprint density at radius 1 is 1.27 bits per heavy atom. The summed E-state index contributed by atoms with van der Waals surface area (Å²) in [4.78, 5) is 15.1. The van der Waals surface area contributed by atoms with E-state index in [1.54, 1.807) is 0 Å². The molecule has 2 bridgehead atoms. The van der Waals surface area contributed by atoms with E-state index >= 15 is 0 Å². The zero-order valence-electron chi connectivity index (χ0n) is 16.4. The third kappa shape index (κ3) is 2.92. The predicted molar refractivity (Wildman–Crippen MR) is 101 cm³/mol. The standard InChI is InChI=1S/C21H34N2O3/c1-4-12-11-23(2)17-9-15-13-7-5-6-8-16(13)22-20(15)18(24)10-14(12)19(17)21(25)26-3/h4,13-20,22,24H,5-11H2,1-3H3. The molecular weight excluding hydrogens is 328 g/mol. The Morgan fingerprint density at radius 3 is 2.77 bits per heavy atom. The van der Waals surface area contributed by atoms with Gasteiger partial charge >= 0.3 is 5.97 Å². The molecule has 8 unspecified atom stereocenters. The minimum Gasteiger partial charge on any atom is -0.469 e. The maximum Gasteiger partial charge on any atom is 0.310 e. The van der Waals surface area contributed by atoms with Crippen molar-refractivity contribution in [2.75, 3.05) is 20.7 Å². The van der Waals surface area contributed by atoms with E-state index in [9.17, 15) is 9.90 Å². The summed E-state index contributed by atoms with van der Waals surface area (Å²) in [5.41, 5.74) is 1.27. The Kier molecular flexibility index (Phi) is 5.15. The molecule has 0 radical (unpaired) electrons. The Labute approximate surface area is 157 Å². The van der Waals surface area contributed by atoms with Crippen molar-refractivity contribution in [2.45, 2.75) is 69.7 Å². The number of likely N-dealkylation sites (tertiary alicyclic amines) is 1. The number of hydrogen-bond acceptors (Lipinski definition) is 5. The molecule has 4 aliphatic rings. The molecule has 4 rings (SSSR count). The number of ether oxygens (including phenoxy) is 1. The lowest BCUT2D eigenvalue weighted by atomic mass is 9.65. The average molecular weight is 363 g/mol. The van der Waals surface area contributed by atoms with Crippen LogP contribution >= 0.6 is 0 Å². The molecule has 8 atom stereocenters. The van der Waals surface area contributed by atoms with Crippen LogP contribution in [-0.4, -0.2) is 60.9 Å². The van der Waals surface area contributed by atoms with Gasteiger partial charge in [-0.2, -0.15) is 0 Å². The number of carbonyl (C=O) groups is 1. The smallest absolute Gasteiger partial charge is 0.310 e. The van der Waals surface area contributed by atoms with E-state index in [2.05, 4.69) is 23.3 Å². The molecule has 5 heteroatoms. The molecule has 0 spiro atoms. The largest absolute Gasteiger partial charge is 0.469 e. The van der Waals surface area contributed by atoms with Gasteiger partial charge in [0, 0.05) is 24.7 Å². The highest BCUT2D eigenvalue weighted by atomic mass is 16.5. The molecule has 2 aliphatic carbocycles. The van der Waals surface area contributed by atoms with Crippen LogP contribution in [0.5, 0.6) is 0 Å². The summed E-state index contributed by atoms with van der Waals surface area (Å²) < 4.78 is 5.23. The third-order valence-corrected chi connectivity index (χ3v) is 7.83. The third-order valence-electron chi connectivity index (χ3n) is 7.83. The fourth-order valence-electron chi connectivity index (χ4n) is 6.60. The quantitative estimate of drug-likeness (QED) is 0.551. The van der Waals surface area contributed by atoms with Crippen molar-refractivity contribution in [2.24, 2.45) is 23.7 Å². The second-order valence-electron chi connectivity index (χ2n) is 8.95. The van der Waals surface area contributed by atoms with E-state index in [1.165, 1.54) is 38.4 Å². The number of nitrogens with one attached hydrogen (secondary N) is 1. The van der Waals surface area contributed by atoms with Gasteiger partial charge in [-0.25, -0.2) is 0 Å². The molecule has 2 saturated heterocycles. The molecule has 4 fully saturated rings. The highest BCUT2D eigenvalue weighted by molar-refractivity contribution is 5.74. The van der Waals surface area contributed by atoms with Gasteiger partial charge in [0.05, 0.1) is 19.1 Å². The number of fused-ring (bicyclic) bond motifs is 5. The number of likely N-dealkylation sites (N-methyl/N-ethyl adjacent to an activating group) is 1. The van der Waals surface area contributed by atoms with E-state index in [0.717, 1.165) is 13.0 Å². The van der Waals surface area contributed by atoms with Gasteiger partial charge in [0.1, 0.15) is 0 Å². The van der Waals surface area contributed by atoms with Crippen LogP contribution < -0.4 is 5.32 Å². The summed E-state index contributed by atoms with van der Waals surface area (Å²) in [5, 5.41) is 14.9. The number of methoxy groups -OCH3 is 1. The fourth-order valence-corrected chi connectivity index (χ4v) is 6.60. The topological polar surface area (TPSA) is 61.8 Å². The molecule has 2 aliphatic heterocycles. The number of allylic oxidation sites excluding steroid dienone is 1.